The number of hydrogen-bond donors (Lipinski definition) is 3. The fourth-order valence-electron chi connectivity index (χ4n) is 1.15. The third kappa shape index (κ3) is 3.99. The van der Waals surface area contributed by atoms with Gasteiger partial charge in [0.15, 0.2) is 0 Å². The summed E-state index contributed by atoms with van der Waals surface area (Å²) in [5, 5.41) is 15.0. The lowest BCUT2D eigenvalue weighted by Gasteiger charge is -2.07. The molecule has 0 aromatic heterocycles. The summed E-state index contributed by atoms with van der Waals surface area (Å²) in [4.78, 5) is 11.4. The van der Waals surface area contributed by atoms with E-state index in [1.807, 2.05) is 6.92 Å². The van der Waals surface area contributed by atoms with Crippen LogP contribution in [-0.4, -0.2) is 24.1 Å². The number of benzene rings is 1. The molecule has 0 heterocycles. The van der Waals surface area contributed by atoms with E-state index >= 15 is 0 Å². The Morgan fingerprint density at radius 3 is 2.80 bits per heavy atom. The molecule has 0 aliphatic heterocycles. The number of rotatable bonds is 5. The molecule has 3 N–H and O–H groups in total. The molecule has 15 heavy (non-hydrogen) atoms. The van der Waals surface area contributed by atoms with Crippen molar-refractivity contribution in [3.8, 4) is 5.75 Å². The minimum absolute atomic E-state index is 0.0846. The molecule has 0 atom stereocenters. The Labute approximate surface area is 89.3 Å². The Morgan fingerprint density at radius 1 is 1.40 bits per heavy atom. The molecule has 1 rings (SSSR count). The average Bonchev–Trinajstić information content (AvgIpc) is 2.22. The van der Waals surface area contributed by atoms with Crippen LogP contribution in [0.2, 0.25) is 0 Å². The molecular formula is C11H16N2O2. The topological polar surface area (TPSA) is 61.4 Å². The largest absolute Gasteiger partial charge is 0.506 e. The highest BCUT2D eigenvalue weighted by atomic mass is 16.3. The van der Waals surface area contributed by atoms with Crippen molar-refractivity contribution < 1.29 is 9.90 Å². The zero-order valence-electron chi connectivity index (χ0n) is 8.79. The van der Waals surface area contributed by atoms with Gasteiger partial charge in [-0.15, -0.1) is 0 Å². The summed E-state index contributed by atoms with van der Waals surface area (Å²) in [7, 11) is 0. The van der Waals surface area contributed by atoms with Gasteiger partial charge in [-0.1, -0.05) is 19.1 Å². The van der Waals surface area contributed by atoms with Crippen molar-refractivity contribution in [1.82, 2.24) is 5.32 Å². The van der Waals surface area contributed by atoms with Crippen LogP contribution < -0.4 is 10.6 Å². The number of amides is 1. The van der Waals surface area contributed by atoms with Crippen molar-refractivity contribution in [3.63, 3.8) is 0 Å². The zero-order chi connectivity index (χ0) is 11.1. The van der Waals surface area contributed by atoms with Crippen LogP contribution in [0.15, 0.2) is 24.3 Å². The molecular weight excluding hydrogens is 192 g/mol. The van der Waals surface area contributed by atoms with Crippen LogP contribution in [0.1, 0.15) is 13.3 Å². The Kier molecular flexibility index (Phi) is 4.63. The summed E-state index contributed by atoms with van der Waals surface area (Å²) in [5.41, 5.74) is 0.445. The molecule has 1 amide bonds. The lowest BCUT2D eigenvalue weighted by molar-refractivity contribution is -0.115. The normalized spacial score (nSPS) is 9.93. The predicted octanol–water partition coefficient (Wildman–Crippen LogP) is 1.33. The van der Waals surface area contributed by atoms with Gasteiger partial charge in [-0.25, -0.2) is 0 Å². The number of para-hydroxylation sites is 2. The van der Waals surface area contributed by atoms with Crippen LogP contribution >= 0.6 is 0 Å². The molecule has 0 saturated heterocycles. The third-order valence-corrected chi connectivity index (χ3v) is 1.89. The molecule has 0 aliphatic carbocycles. The summed E-state index contributed by atoms with van der Waals surface area (Å²) in [6.07, 6.45) is 0.990. The van der Waals surface area contributed by atoms with Crippen molar-refractivity contribution in [3.05, 3.63) is 24.3 Å². The smallest absolute Gasteiger partial charge is 0.238 e. The van der Waals surface area contributed by atoms with Gasteiger partial charge in [-0.05, 0) is 25.1 Å². The summed E-state index contributed by atoms with van der Waals surface area (Å²) in [6.45, 7) is 3.12. The number of aromatic hydroxyl groups is 1. The molecule has 4 heteroatoms. The average molecular weight is 208 g/mol. The second-order valence-electron chi connectivity index (χ2n) is 3.24. The lowest BCUT2D eigenvalue weighted by Crippen LogP contribution is -2.28. The number of carbonyl (C=O) groups is 1. The standard InChI is InChI=1S/C11H16N2O2/c1-2-7-12-8-11(15)13-9-5-3-4-6-10(9)14/h3-6,12,14H,2,7-8H2,1H3,(H,13,15). The van der Waals surface area contributed by atoms with E-state index in [4.69, 9.17) is 0 Å². The van der Waals surface area contributed by atoms with E-state index in [0.717, 1.165) is 13.0 Å². The molecule has 0 radical (unpaired) electrons. The van der Waals surface area contributed by atoms with E-state index in [9.17, 15) is 9.90 Å². The number of phenols is 1. The first kappa shape index (κ1) is 11.5. The number of phenolic OH excluding ortho intramolecular Hbond substituents is 1. The second-order valence-corrected chi connectivity index (χ2v) is 3.24. The van der Waals surface area contributed by atoms with Crippen LogP contribution in [0.25, 0.3) is 0 Å². The van der Waals surface area contributed by atoms with Gasteiger partial charge in [0.2, 0.25) is 5.91 Å². The van der Waals surface area contributed by atoms with Crippen LogP contribution in [0.4, 0.5) is 5.69 Å². The first-order valence-corrected chi connectivity index (χ1v) is 5.02. The Hall–Kier alpha value is -1.55. The highest BCUT2D eigenvalue weighted by Crippen LogP contribution is 2.20. The quantitative estimate of drug-likeness (QED) is 0.505. The van der Waals surface area contributed by atoms with E-state index in [1.54, 1.807) is 18.2 Å². The molecule has 0 saturated carbocycles. The summed E-state index contributed by atoms with van der Waals surface area (Å²) in [5.74, 6) is -0.0636. The van der Waals surface area contributed by atoms with Crippen LogP contribution in [-0.2, 0) is 4.79 Å². The van der Waals surface area contributed by atoms with Crippen molar-refractivity contribution in [1.29, 1.82) is 0 Å². The predicted molar refractivity (Wildman–Crippen MR) is 59.9 cm³/mol. The Morgan fingerprint density at radius 2 is 2.13 bits per heavy atom. The summed E-state index contributed by atoms with van der Waals surface area (Å²) >= 11 is 0. The van der Waals surface area contributed by atoms with E-state index in [-0.39, 0.29) is 18.2 Å². The fourth-order valence-corrected chi connectivity index (χ4v) is 1.15. The molecule has 0 bridgehead atoms. The van der Waals surface area contributed by atoms with Crippen LogP contribution in [0.5, 0.6) is 5.75 Å². The van der Waals surface area contributed by atoms with Gasteiger partial charge < -0.3 is 15.7 Å². The van der Waals surface area contributed by atoms with E-state index in [1.165, 1.54) is 6.07 Å². The Bertz CT molecular complexity index is 326. The Balaban J connectivity index is 2.41. The monoisotopic (exact) mass is 208 g/mol. The molecule has 4 nitrogen and oxygen atoms in total. The van der Waals surface area contributed by atoms with E-state index in [2.05, 4.69) is 10.6 Å². The number of hydrogen-bond acceptors (Lipinski definition) is 3. The van der Waals surface area contributed by atoms with Crippen molar-refractivity contribution in [2.45, 2.75) is 13.3 Å². The first-order valence-electron chi connectivity index (χ1n) is 5.02. The van der Waals surface area contributed by atoms with E-state index < -0.39 is 0 Å². The first-order chi connectivity index (χ1) is 7.24. The molecule has 1 aromatic rings. The molecule has 0 aliphatic rings. The van der Waals surface area contributed by atoms with Gasteiger partial charge in [-0.2, -0.15) is 0 Å². The maximum absolute atomic E-state index is 11.4. The number of nitrogens with one attached hydrogen (secondary N) is 2. The van der Waals surface area contributed by atoms with Gasteiger partial charge in [0.25, 0.3) is 0 Å². The molecule has 0 spiro atoms. The maximum Gasteiger partial charge on any atom is 0.238 e. The van der Waals surface area contributed by atoms with Gasteiger partial charge in [0.05, 0.1) is 12.2 Å². The minimum Gasteiger partial charge on any atom is -0.506 e. The zero-order valence-corrected chi connectivity index (χ0v) is 8.79. The summed E-state index contributed by atoms with van der Waals surface area (Å²) in [6, 6.07) is 6.66. The minimum atomic E-state index is -0.148. The number of anilines is 1. The fraction of sp³-hybridized carbons (Fsp3) is 0.364. The molecule has 0 unspecified atom stereocenters. The summed E-state index contributed by atoms with van der Waals surface area (Å²) < 4.78 is 0. The van der Waals surface area contributed by atoms with Gasteiger partial charge in [0, 0.05) is 0 Å². The highest BCUT2D eigenvalue weighted by molar-refractivity contribution is 5.93. The van der Waals surface area contributed by atoms with E-state index in [0.29, 0.717) is 5.69 Å². The number of carbonyl (C=O) groups excluding carboxylic acids is 1. The second kappa shape index (κ2) is 6.03. The molecule has 82 valence electrons. The van der Waals surface area contributed by atoms with Gasteiger partial charge in [-0.3, -0.25) is 4.79 Å². The molecule has 1 aromatic carbocycles. The highest BCUT2D eigenvalue weighted by Gasteiger charge is 2.04. The lowest BCUT2D eigenvalue weighted by atomic mass is 10.3. The van der Waals surface area contributed by atoms with Crippen LogP contribution in [0.3, 0.4) is 0 Å². The van der Waals surface area contributed by atoms with Crippen molar-refractivity contribution >= 4 is 11.6 Å². The van der Waals surface area contributed by atoms with Gasteiger partial charge in [0.1, 0.15) is 5.75 Å². The molecule has 0 fully saturated rings. The van der Waals surface area contributed by atoms with Crippen molar-refractivity contribution in [2.24, 2.45) is 0 Å². The SMILES string of the molecule is CCCNCC(=O)Nc1ccccc1O. The van der Waals surface area contributed by atoms with Crippen LogP contribution in [0, 0.1) is 0 Å². The van der Waals surface area contributed by atoms with Gasteiger partial charge >= 0.3 is 0 Å². The maximum atomic E-state index is 11.4. The van der Waals surface area contributed by atoms with Crippen molar-refractivity contribution in [2.75, 3.05) is 18.4 Å². The third-order valence-electron chi connectivity index (χ3n) is 1.89.